The van der Waals surface area contributed by atoms with Gasteiger partial charge in [0.25, 0.3) is 0 Å². The van der Waals surface area contributed by atoms with Crippen molar-refractivity contribution in [1.82, 2.24) is 4.90 Å². The smallest absolute Gasteiger partial charge is 0.350 e. The summed E-state index contributed by atoms with van der Waals surface area (Å²) >= 11 is 1.31. The first-order chi connectivity index (χ1) is 7.11. The fourth-order valence-electron chi connectivity index (χ4n) is 1.10. The molecule has 1 aromatic rings. The molecule has 84 valence electrons. The van der Waals surface area contributed by atoms with Crippen molar-refractivity contribution in [1.29, 1.82) is 0 Å². The summed E-state index contributed by atoms with van der Waals surface area (Å²) in [7, 11) is 3.97. The topological polar surface area (TPSA) is 55.6 Å². The molecule has 0 aromatic carbocycles. The van der Waals surface area contributed by atoms with E-state index in [-0.39, 0.29) is 5.97 Å². The highest BCUT2D eigenvalue weighted by molar-refractivity contribution is 7.12. The maximum absolute atomic E-state index is 11.5. The van der Waals surface area contributed by atoms with Gasteiger partial charge in [0.05, 0.1) is 12.3 Å². The average Bonchev–Trinajstić information content (AvgIpc) is 2.58. The number of nitrogens with two attached hydrogens (primary N) is 1. The standard InChI is InChI=1S/C10H16N2O2S/c1-12(2)5-3-6-14-10(13)9-8(11)4-7-15-9/h4,7H,3,5-6,11H2,1-2H3. The predicted octanol–water partition coefficient (Wildman–Crippen LogP) is 1.44. The SMILES string of the molecule is CN(C)CCCOC(=O)c1sccc1N. The average molecular weight is 228 g/mol. The molecule has 0 saturated carbocycles. The second-order valence-electron chi connectivity index (χ2n) is 3.50. The van der Waals surface area contributed by atoms with Crippen molar-refractivity contribution in [3.63, 3.8) is 0 Å². The molecule has 0 fully saturated rings. The minimum absolute atomic E-state index is 0.318. The number of nitrogens with zero attached hydrogens (tertiary/aromatic N) is 1. The number of nitrogen functional groups attached to an aromatic ring is 1. The molecule has 0 spiro atoms. The maximum atomic E-state index is 11.5. The van der Waals surface area contributed by atoms with Crippen LogP contribution in [0, 0.1) is 0 Å². The van der Waals surface area contributed by atoms with E-state index in [0.717, 1.165) is 13.0 Å². The zero-order valence-electron chi connectivity index (χ0n) is 9.03. The predicted molar refractivity (Wildman–Crippen MR) is 62.2 cm³/mol. The molecule has 0 aliphatic carbocycles. The van der Waals surface area contributed by atoms with E-state index < -0.39 is 0 Å². The monoisotopic (exact) mass is 228 g/mol. The fourth-order valence-corrected chi connectivity index (χ4v) is 1.81. The molecule has 0 aliphatic rings. The van der Waals surface area contributed by atoms with Crippen LogP contribution in [0.3, 0.4) is 0 Å². The van der Waals surface area contributed by atoms with Gasteiger partial charge in [0.15, 0.2) is 0 Å². The van der Waals surface area contributed by atoms with Gasteiger partial charge in [-0.05, 0) is 32.0 Å². The molecule has 0 unspecified atom stereocenters. The van der Waals surface area contributed by atoms with E-state index in [9.17, 15) is 4.79 Å². The van der Waals surface area contributed by atoms with Gasteiger partial charge in [-0.25, -0.2) is 4.79 Å². The zero-order valence-corrected chi connectivity index (χ0v) is 9.84. The van der Waals surface area contributed by atoms with Gasteiger partial charge in [0.2, 0.25) is 0 Å². The van der Waals surface area contributed by atoms with Crippen molar-refractivity contribution < 1.29 is 9.53 Å². The molecular weight excluding hydrogens is 212 g/mol. The third kappa shape index (κ3) is 3.89. The summed E-state index contributed by atoms with van der Waals surface area (Å²) < 4.78 is 5.08. The molecule has 0 radical (unpaired) electrons. The highest BCUT2D eigenvalue weighted by Gasteiger charge is 2.11. The lowest BCUT2D eigenvalue weighted by atomic mass is 10.4. The molecule has 2 N–H and O–H groups in total. The van der Waals surface area contributed by atoms with Gasteiger partial charge in [-0.15, -0.1) is 11.3 Å². The van der Waals surface area contributed by atoms with E-state index in [1.807, 2.05) is 19.0 Å². The summed E-state index contributed by atoms with van der Waals surface area (Å²) in [6, 6.07) is 1.71. The maximum Gasteiger partial charge on any atom is 0.350 e. The number of anilines is 1. The highest BCUT2D eigenvalue weighted by atomic mass is 32.1. The van der Waals surface area contributed by atoms with Crippen molar-refractivity contribution in [3.05, 3.63) is 16.3 Å². The van der Waals surface area contributed by atoms with E-state index in [2.05, 4.69) is 0 Å². The molecule has 5 heteroatoms. The van der Waals surface area contributed by atoms with Gasteiger partial charge < -0.3 is 15.4 Å². The Morgan fingerprint density at radius 2 is 2.33 bits per heavy atom. The highest BCUT2D eigenvalue weighted by Crippen LogP contribution is 2.19. The second-order valence-corrected chi connectivity index (χ2v) is 4.41. The molecule has 0 saturated heterocycles. The van der Waals surface area contributed by atoms with Crippen LogP contribution in [0.1, 0.15) is 16.1 Å². The minimum Gasteiger partial charge on any atom is -0.461 e. The Labute approximate surface area is 93.6 Å². The first-order valence-electron chi connectivity index (χ1n) is 4.76. The Kier molecular flexibility index (Phi) is 4.58. The molecule has 0 amide bonds. The first-order valence-corrected chi connectivity index (χ1v) is 5.64. The Morgan fingerprint density at radius 1 is 1.60 bits per heavy atom. The fraction of sp³-hybridized carbons (Fsp3) is 0.500. The summed E-state index contributed by atoms with van der Waals surface area (Å²) in [4.78, 5) is 14.0. The van der Waals surface area contributed by atoms with Crippen LogP contribution in [0.4, 0.5) is 5.69 Å². The Morgan fingerprint density at radius 3 is 2.87 bits per heavy atom. The molecule has 1 heterocycles. The van der Waals surface area contributed by atoms with Gasteiger partial charge in [0, 0.05) is 6.54 Å². The van der Waals surface area contributed by atoms with Crippen molar-refractivity contribution in [2.75, 3.05) is 33.0 Å². The van der Waals surface area contributed by atoms with Crippen LogP contribution in [0.5, 0.6) is 0 Å². The summed E-state index contributed by atoms with van der Waals surface area (Å²) in [6.45, 7) is 1.35. The Hall–Kier alpha value is -1.07. The molecule has 1 rings (SSSR count). The van der Waals surface area contributed by atoms with Crippen molar-refractivity contribution in [2.24, 2.45) is 0 Å². The number of carbonyl (C=O) groups excluding carboxylic acids is 1. The molecule has 0 aliphatic heterocycles. The van der Waals surface area contributed by atoms with Crippen molar-refractivity contribution >= 4 is 23.0 Å². The summed E-state index contributed by atoms with van der Waals surface area (Å²) in [6.07, 6.45) is 0.837. The van der Waals surface area contributed by atoms with Crippen LogP contribution in [0.15, 0.2) is 11.4 Å². The number of hydrogen-bond donors (Lipinski definition) is 1. The normalized spacial score (nSPS) is 10.6. The quantitative estimate of drug-likeness (QED) is 0.612. The molecule has 1 aromatic heterocycles. The largest absolute Gasteiger partial charge is 0.461 e. The van der Waals surface area contributed by atoms with E-state index in [1.54, 1.807) is 11.4 Å². The van der Waals surface area contributed by atoms with E-state index in [0.29, 0.717) is 17.2 Å². The van der Waals surface area contributed by atoms with Crippen LogP contribution in [-0.4, -0.2) is 38.1 Å². The van der Waals surface area contributed by atoms with Crippen LogP contribution < -0.4 is 5.73 Å². The molecule has 15 heavy (non-hydrogen) atoms. The summed E-state index contributed by atoms with van der Waals surface area (Å²) in [5.41, 5.74) is 6.09. The Balaban J connectivity index is 2.28. The van der Waals surface area contributed by atoms with Crippen LogP contribution >= 0.6 is 11.3 Å². The van der Waals surface area contributed by atoms with Gasteiger partial charge in [0.1, 0.15) is 4.88 Å². The van der Waals surface area contributed by atoms with Gasteiger partial charge in [-0.3, -0.25) is 0 Å². The van der Waals surface area contributed by atoms with Crippen LogP contribution in [0.2, 0.25) is 0 Å². The minimum atomic E-state index is -0.318. The second kappa shape index (κ2) is 5.72. The van der Waals surface area contributed by atoms with Gasteiger partial charge in [-0.2, -0.15) is 0 Å². The van der Waals surface area contributed by atoms with Crippen LogP contribution in [0.25, 0.3) is 0 Å². The summed E-state index contributed by atoms with van der Waals surface area (Å²) in [5, 5.41) is 1.78. The molecular formula is C10H16N2O2S. The Bertz CT molecular complexity index is 323. The van der Waals surface area contributed by atoms with Gasteiger partial charge >= 0.3 is 5.97 Å². The number of hydrogen-bond acceptors (Lipinski definition) is 5. The number of rotatable bonds is 5. The first kappa shape index (κ1) is 12.0. The summed E-state index contributed by atoms with van der Waals surface area (Å²) in [5.74, 6) is -0.318. The number of thiophene rings is 1. The van der Waals surface area contributed by atoms with Gasteiger partial charge in [-0.1, -0.05) is 0 Å². The molecule has 4 nitrogen and oxygen atoms in total. The van der Waals surface area contributed by atoms with Crippen molar-refractivity contribution in [2.45, 2.75) is 6.42 Å². The van der Waals surface area contributed by atoms with E-state index >= 15 is 0 Å². The third-order valence-electron chi connectivity index (χ3n) is 1.86. The number of ether oxygens (including phenoxy) is 1. The zero-order chi connectivity index (χ0) is 11.3. The molecule has 0 bridgehead atoms. The number of carbonyl (C=O) groups is 1. The van der Waals surface area contributed by atoms with Crippen molar-refractivity contribution in [3.8, 4) is 0 Å². The lowest BCUT2D eigenvalue weighted by Gasteiger charge is -2.09. The molecule has 0 atom stereocenters. The third-order valence-corrected chi connectivity index (χ3v) is 2.77. The van der Waals surface area contributed by atoms with E-state index in [4.69, 9.17) is 10.5 Å². The lowest BCUT2D eigenvalue weighted by Crippen LogP contribution is -2.16. The lowest BCUT2D eigenvalue weighted by molar-refractivity contribution is 0.0500. The van der Waals surface area contributed by atoms with E-state index in [1.165, 1.54) is 11.3 Å². The number of esters is 1. The van der Waals surface area contributed by atoms with Crippen LogP contribution in [-0.2, 0) is 4.74 Å².